The van der Waals surface area contributed by atoms with Gasteiger partial charge in [0.2, 0.25) is 0 Å². The minimum Gasteiger partial charge on any atom is -0.271 e. The standard InChI is InChI=1S/C10H14Cl2N2/c1-14-10(9(12)6-13-14)7-4-2-3-5-8(7)11/h6-8H,2-5H2,1H3. The van der Waals surface area contributed by atoms with E-state index in [0.29, 0.717) is 5.92 Å². The highest BCUT2D eigenvalue weighted by Gasteiger charge is 2.28. The minimum absolute atomic E-state index is 0.219. The van der Waals surface area contributed by atoms with Crippen LogP contribution in [-0.2, 0) is 7.05 Å². The Morgan fingerprint density at radius 3 is 2.71 bits per heavy atom. The maximum atomic E-state index is 6.32. The van der Waals surface area contributed by atoms with Crippen molar-refractivity contribution in [2.45, 2.75) is 37.0 Å². The van der Waals surface area contributed by atoms with Crippen molar-refractivity contribution in [2.75, 3.05) is 0 Å². The highest BCUT2D eigenvalue weighted by Crippen LogP contribution is 2.38. The summed E-state index contributed by atoms with van der Waals surface area (Å²) >= 11 is 12.4. The summed E-state index contributed by atoms with van der Waals surface area (Å²) in [7, 11) is 1.93. The molecule has 1 aliphatic carbocycles. The van der Waals surface area contributed by atoms with Crippen molar-refractivity contribution < 1.29 is 0 Å². The van der Waals surface area contributed by atoms with Gasteiger partial charge in [-0.2, -0.15) is 5.10 Å². The Hall–Kier alpha value is -0.210. The zero-order chi connectivity index (χ0) is 10.1. The summed E-state index contributed by atoms with van der Waals surface area (Å²) in [5, 5.41) is 5.13. The molecule has 2 nitrogen and oxygen atoms in total. The Morgan fingerprint density at radius 1 is 1.43 bits per heavy atom. The molecule has 4 heteroatoms. The van der Waals surface area contributed by atoms with Crippen molar-refractivity contribution in [3.05, 3.63) is 16.9 Å². The van der Waals surface area contributed by atoms with Gasteiger partial charge in [0.25, 0.3) is 0 Å². The Morgan fingerprint density at radius 2 is 2.14 bits per heavy atom. The third kappa shape index (κ3) is 1.78. The van der Waals surface area contributed by atoms with E-state index in [1.807, 2.05) is 11.7 Å². The number of hydrogen-bond donors (Lipinski definition) is 0. The maximum Gasteiger partial charge on any atom is 0.0821 e. The fourth-order valence-corrected chi connectivity index (χ4v) is 2.94. The molecule has 0 spiro atoms. The van der Waals surface area contributed by atoms with Crippen LogP contribution in [0, 0.1) is 0 Å². The first-order chi connectivity index (χ1) is 6.70. The highest BCUT2D eigenvalue weighted by atomic mass is 35.5. The van der Waals surface area contributed by atoms with E-state index in [4.69, 9.17) is 23.2 Å². The van der Waals surface area contributed by atoms with E-state index >= 15 is 0 Å². The lowest BCUT2D eigenvalue weighted by Gasteiger charge is -2.27. The number of hydrogen-bond acceptors (Lipinski definition) is 1. The molecule has 2 atom stereocenters. The molecular weight excluding hydrogens is 219 g/mol. The Bertz CT molecular complexity index is 302. The molecule has 0 amide bonds. The van der Waals surface area contributed by atoms with E-state index in [-0.39, 0.29) is 5.38 Å². The second-order valence-electron chi connectivity index (χ2n) is 3.91. The summed E-state index contributed by atoms with van der Waals surface area (Å²) in [6.07, 6.45) is 6.41. The molecular formula is C10H14Cl2N2. The molecule has 1 aromatic heterocycles. The fourth-order valence-electron chi connectivity index (χ4n) is 2.23. The molecule has 1 aliphatic rings. The monoisotopic (exact) mass is 232 g/mol. The molecule has 0 saturated heterocycles. The third-order valence-corrected chi connectivity index (χ3v) is 3.78. The second kappa shape index (κ2) is 4.11. The largest absolute Gasteiger partial charge is 0.271 e. The molecule has 1 fully saturated rings. The lowest BCUT2D eigenvalue weighted by molar-refractivity contribution is 0.431. The quantitative estimate of drug-likeness (QED) is 0.680. The number of aromatic nitrogens is 2. The van der Waals surface area contributed by atoms with E-state index < -0.39 is 0 Å². The SMILES string of the molecule is Cn1ncc(Cl)c1C1CCCCC1Cl. The average Bonchev–Trinajstić information content (AvgIpc) is 2.48. The number of halogens is 2. The minimum atomic E-state index is 0.219. The van der Waals surface area contributed by atoms with E-state index in [9.17, 15) is 0 Å². The van der Waals surface area contributed by atoms with Crippen LogP contribution in [0.2, 0.25) is 5.02 Å². The van der Waals surface area contributed by atoms with Crippen LogP contribution in [0.1, 0.15) is 37.3 Å². The van der Waals surface area contributed by atoms with Gasteiger partial charge in [-0.05, 0) is 12.8 Å². The first-order valence-electron chi connectivity index (χ1n) is 5.01. The van der Waals surface area contributed by atoms with Crippen LogP contribution in [0.4, 0.5) is 0 Å². The predicted molar refractivity (Wildman–Crippen MR) is 59.1 cm³/mol. The molecule has 0 aromatic carbocycles. The molecule has 14 heavy (non-hydrogen) atoms. The van der Waals surface area contributed by atoms with Gasteiger partial charge in [-0.1, -0.05) is 24.4 Å². The Kier molecular flexibility index (Phi) is 3.03. The molecule has 0 bridgehead atoms. The van der Waals surface area contributed by atoms with Crippen LogP contribution in [0.5, 0.6) is 0 Å². The Labute approximate surface area is 94.2 Å². The lowest BCUT2D eigenvalue weighted by atomic mass is 9.86. The van der Waals surface area contributed by atoms with Gasteiger partial charge in [-0.3, -0.25) is 4.68 Å². The molecule has 0 radical (unpaired) electrons. The normalized spacial score (nSPS) is 27.9. The van der Waals surface area contributed by atoms with Gasteiger partial charge >= 0.3 is 0 Å². The topological polar surface area (TPSA) is 17.8 Å². The van der Waals surface area contributed by atoms with Gasteiger partial charge in [0, 0.05) is 18.3 Å². The van der Waals surface area contributed by atoms with Gasteiger partial charge in [-0.15, -0.1) is 11.6 Å². The number of aryl methyl sites for hydroxylation is 1. The third-order valence-electron chi connectivity index (χ3n) is 2.97. The first-order valence-corrected chi connectivity index (χ1v) is 5.83. The first kappa shape index (κ1) is 10.3. The molecule has 2 unspecified atom stereocenters. The fraction of sp³-hybridized carbons (Fsp3) is 0.700. The van der Waals surface area contributed by atoms with E-state index in [2.05, 4.69) is 5.10 Å². The molecule has 78 valence electrons. The van der Waals surface area contributed by atoms with Crippen LogP contribution in [0.15, 0.2) is 6.20 Å². The van der Waals surface area contributed by atoms with Crippen LogP contribution >= 0.6 is 23.2 Å². The molecule has 1 saturated carbocycles. The predicted octanol–water partition coefficient (Wildman–Crippen LogP) is 3.34. The van der Waals surface area contributed by atoms with E-state index in [1.54, 1.807) is 6.20 Å². The molecule has 1 heterocycles. The second-order valence-corrected chi connectivity index (χ2v) is 4.88. The van der Waals surface area contributed by atoms with Crippen molar-refractivity contribution in [1.82, 2.24) is 9.78 Å². The number of nitrogens with zero attached hydrogens (tertiary/aromatic N) is 2. The smallest absolute Gasteiger partial charge is 0.0821 e. The molecule has 1 aromatic rings. The van der Waals surface area contributed by atoms with Crippen LogP contribution in [0.25, 0.3) is 0 Å². The van der Waals surface area contributed by atoms with Crippen molar-refractivity contribution in [1.29, 1.82) is 0 Å². The average molecular weight is 233 g/mol. The van der Waals surface area contributed by atoms with Gasteiger partial charge in [0.15, 0.2) is 0 Å². The van der Waals surface area contributed by atoms with E-state index in [0.717, 1.165) is 23.6 Å². The summed E-state index contributed by atoms with van der Waals surface area (Å²) in [5.41, 5.74) is 1.10. The summed E-state index contributed by atoms with van der Waals surface area (Å²) in [6, 6.07) is 0. The van der Waals surface area contributed by atoms with Gasteiger partial charge in [0.05, 0.1) is 16.9 Å². The van der Waals surface area contributed by atoms with Gasteiger partial charge in [0.1, 0.15) is 0 Å². The number of rotatable bonds is 1. The van der Waals surface area contributed by atoms with Gasteiger partial charge < -0.3 is 0 Å². The summed E-state index contributed by atoms with van der Waals surface area (Å²) < 4.78 is 1.85. The van der Waals surface area contributed by atoms with Crippen molar-refractivity contribution in [2.24, 2.45) is 7.05 Å². The summed E-state index contributed by atoms with van der Waals surface area (Å²) in [4.78, 5) is 0. The van der Waals surface area contributed by atoms with Gasteiger partial charge in [-0.25, -0.2) is 0 Å². The highest BCUT2D eigenvalue weighted by molar-refractivity contribution is 6.31. The lowest BCUT2D eigenvalue weighted by Crippen LogP contribution is -2.20. The van der Waals surface area contributed by atoms with Crippen molar-refractivity contribution in [3.63, 3.8) is 0 Å². The summed E-state index contributed by atoms with van der Waals surface area (Å²) in [6.45, 7) is 0. The van der Waals surface area contributed by atoms with Crippen LogP contribution < -0.4 is 0 Å². The Balaban J connectivity index is 2.28. The van der Waals surface area contributed by atoms with Crippen molar-refractivity contribution >= 4 is 23.2 Å². The van der Waals surface area contributed by atoms with Crippen molar-refractivity contribution in [3.8, 4) is 0 Å². The molecule has 2 rings (SSSR count). The van der Waals surface area contributed by atoms with Crippen LogP contribution in [0.3, 0.4) is 0 Å². The molecule has 0 aliphatic heterocycles. The zero-order valence-electron chi connectivity index (χ0n) is 8.21. The zero-order valence-corrected chi connectivity index (χ0v) is 9.72. The van der Waals surface area contributed by atoms with E-state index in [1.165, 1.54) is 12.8 Å². The molecule has 0 N–H and O–H groups in total. The number of alkyl halides is 1. The van der Waals surface area contributed by atoms with Crippen LogP contribution in [-0.4, -0.2) is 15.2 Å². The summed E-state index contributed by atoms with van der Waals surface area (Å²) in [5.74, 6) is 0.380. The maximum absolute atomic E-state index is 6.32.